The molecule has 1 unspecified atom stereocenters. The van der Waals surface area contributed by atoms with Gasteiger partial charge in [-0.1, -0.05) is 15.9 Å². The highest BCUT2D eigenvalue weighted by Gasteiger charge is 2.35. The number of aromatic amines is 1. The van der Waals surface area contributed by atoms with E-state index in [0.717, 1.165) is 12.8 Å². The minimum absolute atomic E-state index is 0.0688. The van der Waals surface area contributed by atoms with Crippen molar-refractivity contribution in [1.29, 1.82) is 0 Å². The van der Waals surface area contributed by atoms with Crippen molar-refractivity contribution in [3.05, 3.63) is 11.9 Å². The summed E-state index contributed by atoms with van der Waals surface area (Å²) in [6, 6.07) is 0.0688. The molecule has 2 rings (SSSR count). The van der Waals surface area contributed by atoms with Crippen LogP contribution in [0.25, 0.3) is 0 Å². The summed E-state index contributed by atoms with van der Waals surface area (Å²) in [6.07, 6.45) is 3.22. The maximum absolute atomic E-state index is 12.3. The van der Waals surface area contributed by atoms with Crippen molar-refractivity contribution in [3.8, 4) is 0 Å². The highest BCUT2D eigenvalue weighted by molar-refractivity contribution is 9.09. The number of rotatable bonds is 3. The van der Waals surface area contributed by atoms with E-state index in [-0.39, 0.29) is 6.04 Å². The standard InChI is InChI=1S/C9H14BrN3O2S/c1-7-9(6-11-12-7)16(14,15)13-4-2-3-8(13)5-10/h6,8H,2-5H2,1H3,(H,11,12). The summed E-state index contributed by atoms with van der Waals surface area (Å²) >= 11 is 3.36. The highest BCUT2D eigenvalue weighted by atomic mass is 79.9. The molecule has 1 atom stereocenters. The van der Waals surface area contributed by atoms with Gasteiger partial charge in [0.25, 0.3) is 0 Å². The lowest BCUT2D eigenvalue weighted by Gasteiger charge is -2.21. The molecule has 0 aromatic carbocycles. The van der Waals surface area contributed by atoms with E-state index in [1.807, 2.05) is 0 Å². The Labute approximate surface area is 103 Å². The molecule has 0 aliphatic carbocycles. The topological polar surface area (TPSA) is 66.1 Å². The first kappa shape index (κ1) is 12.1. The number of sulfonamides is 1. The van der Waals surface area contributed by atoms with Crippen molar-refractivity contribution in [3.63, 3.8) is 0 Å². The summed E-state index contributed by atoms with van der Waals surface area (Å²) in [5, 5.41) is 7.11. The number of nitrogens with zero attached hydrogens (tertiary/aromatic N) is 2. The molecule has 2 heterocycles. The number of alkyl halides is 1. The molecule has 1 saturated heterocycles. The maximum atomic E-state index is 12.3. The Bertz CT molecular complexity index is 471. The van der Waals surface area contributed by atoms with Gasteiger partial charge in [-0.25, -0.2) is 8.42 Å². The normalized spacial score (nSPS) is 22.8. The van der Waals surface area contributed by atoms with Gasteiger partial charge < -0.3 is 0 Å². The summed E-state index contributed by atoms with van der Waals surface area (Å²) < 4.78 is 26.2. The van der Waals surface area contributed by atoms with Gasteiger partial charge in [0, 0.05) is 17.9 Å². The smallest absolute Gasteiger partial charge is 0.246 e. The Morgan fingerprint density at radius 3 is 3.00 bits per heavy atom. The van der Waals surface area contributed by atoms with E-state index in [0.29, 0.717) is 22.5 Å². The van der Waals surface area contributed by atoms with E-state index in [1.54, 1.807) is 11.2 Å². The van der Waals surface area contributed by atoms with Crippen LogP contribution in [-0.4, -0.2) is 40.8 Å². The van der Waals surface area contributed by atoms with Crippen molar-refractivity contribution in [2.75, 3.05) is 11.9 Å². The molecule has 5 nitrogen and oxygen atoms in total. The predicted molar refractivity (Wildman–Crippen MR) is 64.0 cm³/mol. The van der Waals surface area contributed by atoms with E-state index in [2.05, 4.69) is 26.1 Å². The van der Waals surface area contributed by atoms with Crippen LogP contribution in [0, 0.1) is 6.92 Å². The fourth-order valence-corrected chi connectivity index (χ4v) is 4.68. The van der Waals surface area contributed by atoms with E-state index in [4.69, 9.17) is 0 Å². The minimum Gasteiger partial charge on any atom is -0.281 e. The molecule has 1 aliphatic heterocycles. The van der Waals surface area contributed by atoms with Crippen LogP contribution in [0.2, 0.25) is 0 Å². The monoisotopic (exact) mass is 307 g/mol. The molecule has 1 fully saturated rings. The molecular formula is C9H14BrN3O2S. The van der Waals surface area contributed by atoms with Gasteiger partial charge in [0.15, 0.2) is 0 Å². The number of aromatic nitrogens is 2. The lowest BCUT2D eigenvalue weighted by Crippen LogP contribution is -2.36. The zero-order valence-corrected chi connectivity index (χ0v) is 11.4. The molecule has 1 aliphatic rings. The summed E-state index contributed by atoms with van der Waals surface area (Å²) in [5.41, 5.74) is 0.597. The summed E-state index contributed by atoms with van der Waals surface area (Å²) in [7, 11) is -3.38. The number of hydrogen-bond donors (Lipinski definition) is 1. The van der Waals surface area contributed by atoms with Crippen molar-refractivity contribution >= 4 is 26.0 Å². The van der Waals surface area contributed by atoms with Gasteiger partial charge in [0.1, 0.15) is 4.90 Å². The number of H-pyrrole nitrogens is 1. The lowest BCUT2D eigenvalue weighted by atomic mass is 10.3. The van der Waals surface area contributed by atoms with Gasteiger partial charge in [0.2, 0.25) is 10.0 Å². The molecule has 0 spiro atoms. The summed E-state index contributed by atoms with van der Waals surface area (Å²) in [5.74, 6) is 0. The molecule has 0 amide bonds. The first-order chi connectivity index (χ1) is 7.57. The van der Waals surface area contributed by atoms with Crippen LogP contribution < -0.4 is 0 Å². The van der Waals surface area contributed by atoms with Crippen LogP contribution in [0.15, 0.2) is 11.1 Å². The van der Waals surface area contributed by atoms with Crippen LogP contribution >= 0.6 is 15.9 Å². The van der Waals surface area contributed by atoms with Crippen molar-refractivity contribution in [1.82, 2.24) is 14.5 Å². The second-order valence-corrected chi connectivity index (χ2v) is 6.43. The molecule has 0 saturated carbocycles. The van der Waals surface area contributed by atoms with E-state index in [1.165, 1.54) is 6.20 Å². The van der Waals surface area contributed by atoms with Crippen LogP contribution in [0.3, 0.4) is 0 Å². The van der Waals surface area contributed by atoms with E-state index < -0.39 is 10.0 Å². The Morgan fingerprint density at radius 2 is 2.44 bits per heavy atom. The quantitative estimate of drug-likeness (QED) is 0.855. The fourth-order valence-electron chi connectivity index (χ4n) is 2.01. The Balaban J connectivity index is 2.36. The van der Waals surface area contributed by atoms with Gasteiger partial charge >= 0.3 is 0 Å². The Hall–Kier alpha value is -0.400. The van der Waals surface area contributed by atoms with Crippen molar-refractivity contribution in [2.24, 2.45) is 0 Å². The number of aryl methyl sites for hydroxylation is 1. The van der Waals surface area contributed by atoms with Crippen LogP contribution in [0.5, 0.6) is 0 Å². The molecule has 90 valence electrons. The molecule has 16 heavy (non-hydrogen) atoms. The van der Waals surface area contributed by atoms with Gasteiger partial charge in [-0.2, -0.15) is 9.40 Å². The SMILES string of the molecule is Cc1[nH]ncc1S(=O)(=O)N1CCCC1CBr. The number of nitrogens with one attached hydrogen (secondary N) is 1. The fraction of sp³-hybridized carbons (Fsp3) is 0.667. The summed E-state index contributed by atoms with van der Waals surface area (Å²) in [6.45, 7) is 2.32. The zero-order chi connectivity index (χ0) is 11.8. The average Bonchev–Trinajstić information content (AvgIpc) is 2.85. The Morgan fingerprint density at radius 1 is 1.69 bits per heavy atom. The third-order valence-corrected chi connectivity index (χ3v) is 5.68. The first-order valence-electron chi connectivity index (χ1n) is 5.15. The molecule has 7 heteroatoms. The van der Waals surface area contributed by atoms with Crippen LogP contribution in [0.1, 0.15) is 18.5 Å². The van der Waals surface area contributed by atoms with Gasteiger partial charge in [-0.05, 0) is 19.8 Å². The molecule has 0 radical (unpaired) electrons. The maximum Gasteiger partial charge on any atom is 0.246 e. The average molecular weight is 308 g/mol. The number of hydrogen-bond acceptors (Lipinski definition) is 3. The lowest BCUT2D eigenvalue weighted by molar-refractivity contribution is 0.413. The van der Waals surface area contributed by atoms with Gasteiger partial charge in [-0.15, -0.1) is 0 Å². The van der Waals surface area contributed by atoms with Crippen LogP contribution in [-0.2, 0) is 10.0 Å². The largest absolute Gasteiger partial charge is 0.281 e. The van der Waals surface area contributed by atoms with Crippen LogP contribution in [0.4, 0.5) is 0 Å². The first-order valence-corrected chi connectivity index (χ1v) is 7.71. The molecule has 0 bridgehead atoms. The van der Waals surface area contributed by atoms with E-state index >= 15 is 0 Å². The van der Waals surface area contributed by atoms with Gasteiger partial charge in [-0.3, -0.25) is 5.10 Å². The third-order valence-electron chi connectivity index (χ3n) is 2.87. The van der Waals surface area contributed by atoms with Crippen molar-refractivity contribution in [2.45, 2.75) is 30.7 Å². The second kappa shape index (κ2) is 4.46. The number of halogens is 1. The molecule has 1 N–H and O–H groups in total. The second-order valence-electron chi connectivity index (χ2n) is 3.93. The van der Waals surface area contributed by atoms with Gasteiger partial charge in [0.05, 0.1) is 11.9 Å². The van der Waals surface area contributed by atoms with Crippen molar-refractivity contribution < 1.29 is 8.42 Å². The van der Waals surface area contributed by atoms with E-state index in [9.17, 15) is 8.42 Å². The highest BCUT2D eigenvalue weighted by Crippen LogP contribution is 2.27. The summed E-state index contributed by atoms with van der Waals surface area (Å²) in [4.78, 5) is 0.292. The third kappa shape index (κ3) is 1.91. The predicted octanol–water partition coefficient (Wildman–Crippen LogP) is 1.27. The zero-order valence-electron chi connectivity index (χ0n) is 8.98. The Kier molecular flexibility index (Phi) is 3.37. The molecular weight excluding hydrogens is 294 g/mol. The molecule has 1 aromatic heterocycles. The minimum atomic E-state index is -3.38. The molecule has 1 aromatic rings.